The van der Waals surface area contributed by atoms with Gasteiger partial charge in [0.1, 0.15) is 17.4 Å². The fourth-order valence-corrected chi connectivity index (χ4v) is 1.80. The van der Waals surface area contributed by atoms with E-state index in [0.29, 0.717) is 22.0 Å². The standard InChI is InChI=1S/C14H7ClFN3/c15-11-6-9(7-17)4-5-14(11)19-13-3-1-2-12(16)10(13)8-18/h1-6,19H. The molecule has 3 nitrogen and oxygen atoms in total. The Bertz CT molecular complexity index is 714. The van der Waals surface area contributed by atoms with Crippen LogP contribution in [-0.2, 0) is 0 Å². The quantitative estimate of drug-likeness (QED) is 0.899. The van der Waals surface area contributed by atoms with E-state index in [2.05, 4.69) is 5.32 Å². The molecule has 0 aliphatic carbocycles. The fraction of sp³-hybridized carbons (Fsp3) is 0. The lowest BCUT2D eigenvalue weighted by molar-refractivity contribution is 0.624. The van der Waals surface area contributed by atoms with Crippen LogP contribution in [0.2, 0.25) is 5.02 Å². The topological polar surface area (TPSA) is 59.6 Å². The van der Waals surface area contributed by atoms with Crippen LogP contribution >= 0.6 is 11.6 Å². The first kappa shape index (κ1) is 12.9. The lowest BCUT2D eigenvalue weighted by Crippen LogP contribution is -1.96. The summed E-state index contributed by atoms with van der Waals surface area (Å²) in [4.78, 5) is 0. The zero-order valence-corrected chi connectivity index (χ0v) is 10.4. The highest BCUT2D eigenvalue weighted by Gasteiger charge is 2.09. The van der Waals surface area contributed by atoms with E-state index in [1.165, 1.54) is 18.2 Å². The summed E-state index contributed by atoms with van der Waals surface area (Å²) in [6.45, 7) is 0. The summed E-state index contributed by atoms with van der Waals surface area (Å²) in [7, 11) is 0. The predicted molar refractivity (Wildman–Crippen MR) is 70.6 cm³/mol. The van der Waals surface area contributed by atoms with Gasteiger partial charge < -0.3 is 5.32 Å². The third-order valence-electron chi connectivity index (χ3n) is 2.49. The number of benzene rings is 2. The van der Waals surface area contributed by atoms with Crippen molar-refractivity contribution in [3.8, 4) is 12.1 Å². The van der Waals surface area contributed by atoms with Gasteiger partial charge in [0.25, 0.3) is 0 Å². The second kappa shape index (κ2) is 5.39. The summed E-state index contributed by atoms with van der Waals surface area (Å²) >= 11 is 6.00. The van der Waals surface area contributed by atoms with Crippen molar-refractivity contribution in [1.82, 2.24) is 0 Å². The molecular weight excluding hydrogens is 265 g/mol. The van der Waals surface area contributed by atoms with Gasteiger partial charge in [-0.05, 0) is 30.3 Å². The third kappa shape index (κ3) is 2.65. The van der Waals surface area contributed by atoms with Gasteiger partial charge in [-0.1, -0.05) is 17.7 Å². The molecule has 0 atom stereocenters. The van der Waals surface area contributed by atoms with Gasteiger partial charge in [-0.25, -0.2) is 4.39 Å². The molecule has 0 aromatic heterocycles. The molecule has 0 fully saturated rings. The molecule has 92 valence electrons. The minimum atomic E-state index is -0.600. The van der Waals surface area contributed by atoms with Crippen LogP contribution in [0.4, 0.5) is 15.8 Å². The van der Waals surface area contributed by atoms with E-state index in [1.54, 1.807) is 24.3 Å². The number of hydrogen-bond acceptors (Lipinski definition) is 3. The van der Waals surface area contributed by atoms with Crippen LogP contribution in [-0.4, -0.2) is 0 Å². The third-order valence-corrected chi connectivity index (χ3v) is 2.81. The molecule has 0 aliphatic rings. The van der Waals surface area contributed by atoms with Gasteiger partial charge in [-0.15, -0.1) is 0 Å². The Morgan fingerprint density at radius 3 is 2.47 bits per heavy atom. The Labute approximate surface area is 114 Å². The van der Waals surface area contributed by atoms with Gasteiger partial charge in [0.05, 0.1) is 28.0 Å². The average molecular weight is 272 g/mol. The summed E-state index contributed by atoms with van der Waals surface area (Å²) < 4.78 is 13.4. The largest absolute Gasteiger partial charge is 0.353 e. The molecule has 2 aromatic carbocycles. The maximum Gasteiger partial charge on any atom is 0.143 e. The van der Waals surface area contributed by atoms with E-state index in [9.17, 15) is 4.39 Å². The first-order valence-corrected chi connectivity index (χ1v) is 5.69. The lowest BCUT2D eigenvalue weighted by atomic mass is 10.1. The molecule has 0 aliphatic heterocycles. The molecule has 0 saturated carbocycles. The molecule has 0 heterocycles. The van der Waals surface area contributed by atoms with Crippen LogP contribution in [0.1, 0.15) is 11.1 Å². The van der Waals surface area contributed by atoms with Crippen LogP contribution in [0.25, 0.3) is 0 Å². The Balaban J connectivity index is 2.41. The molecule has 2 aromatic rings. The van der Waals surface area contributed by atoms with E-state index >= 15 is 0 Å². The Kier molecular flexibility index (Phi) is 3.66. The molecule has 1 N–H and O–H groups in total. The van der Waals surface area contributed by atoms with E-state index in [-0.39, 0.29) is 5.56 Å². The second-order valence-electron chi connectivity index (χ2n) is 3.71. The van der Waals surface area contributed by atoms with Crippen LogP contribution in [0, 0.1) is 28.5 Å². The minimum absolute atomic E-state index is 0.0806. The monoisotopic (exact) mass is 271 g/mol. The molecule has 0 amide bonds. The summed E-state index contributed by atoms with van der Waals surface area (Å²) in [5, 5.41) is 20.9. The van der Waals surface area contributed by atoms with Gasteiger partial charge in [0.2, 0.25) is 0 Å². The van der Waals surface area contributed by atoms with E-state index in [4.69, 9.17) is 22.1 Å². The lowest BCUT2D eigenvalue weighted by Gasteiger charge is -2.10. The number of hydrogen-bond donors (Lipinski definition) is 1. The number of halogens is 2. The van der Waals surface area contributed by atoms with Crippen molar-refractivity contribution in [3.63, 3.8) is 0 Å². The fourth-order valence-electron chi connectivity index (χ4n) is 1.57. The minimum Gasteiger partial charge on any atom is -0.353 e. The predicted octanol–water partition coefficient (Wildman–Crippen LogP) is 3.97. The molecule has 0 saturated heterocycles. The molecule has 2 rings (SSSR count). The Morgan fingerprint density at radius 1 is 1.05 bits per heavy atom. The van der Waals surface area contributed by atoms with Crippen molar-refractivity contribution in [2.75, 3.05) is 5.32 Å². The SMILES string of the molecule is N#Cc1ccc(Nc2cccc(F)c2C#N)c(Cl)c1. The summed E-state index contributed by atoms with van der Waals surface area (Å²) in [5.74, 6) is -0.600. The molecule has 0 unspecified atom stereocenters. The van der Waals surface area contributed by atoms with Crippen molar-refractivity contribution < 1.29 is 4.39 Å². The highest BCUT2D eigenvalue weighted by molar-refractivity contribution is 6.33. The number of nitrogens with one attached hydrogen (secondary N) is 1. The highest BCUT2D eigenvalue weighted by atomic mass is 35.5. The summed E-state index contributed by atoms with van der Waals surface area (Å²) in [5.41, 5.74) is 1.18. The zero-order valence-electron chi connectivity index (χ0n) is 9.61. The number of rotatable bonds is 2. The maximum atomic E-state index is 13.4. The number of anilines is 2. The van der Waals surface area contributed by atoms with Crippen molar-refractivity contribution in [2.24, 2.45) is 0 Å². The van der Waals surface area contributed by atoms with Crippen LogP contribution in [0.3, 0.4) is 0 Å². The van der Waals surface area contributed by atoms with E-state index in [0.717, 1.165) is 0 Å². The first-order valence-electron chi connectivity index (χ1n) is 5.31. The van der Waals surface area contributed by atoms with Crippen molar-refractivity contribution in [2.45, 2.75) is 0 Å². The summed E-state index contributed by atoms with van der Waals surface area (Å²) in [6, 6.07) is 12.7. The van der Waals surface area contributed by atoms with Gasteiger partial charge in [0, 0.05) is 0 Å². The van der Waals surface area contributed by atoms with Crippen LogP contribution in [0.5, 0.6) is 0 Å². The molecule has 0 spiro atoms. The molecule has 5 heteroatoms. The number of nitriles is 2. The molecule has 0 bridgehead atoms. The number of nitrogens with zero attached hydrogens (tertiary/aromatic N) is 2. The molecule has 19 heavy (non-hydrogen) atoms. The van der Waals surface area contributed by atoms with Crippen molar-refractivity contribution in [1.29, 1.82) is 10.5 Å². The average Bonchev–Trinajstić information content (AvgIpc) is 2.41. The second-order valence-corrected chi connectivity index (χ2v) is 4.11. The highest BCUT2D eigenvalue weighted by Crippen LogP contribution is 2.28. The van der Waals surface area contributed by atoms with Gasteiger partial charge in [0.15, 0.2) is 0 Å². The smallest absolute Gasteiger partial charge is 0.143 e. The van der Waals surface area contributed by atoms with Gasteiger partial charge in [-0.3, -0.25) is 0 Å². The summed E-state index contributed by atoms with van der Waals surface area (Å²) in [6.07, 6.45) is 0. The normalized spacial score (nSPS) is 9.47. The van der Waals surface area contributed by atoms with Gasteiger partial charge in [-0.2, -0.15) is 10.5 Å². The van der Waals surface area contributed by atoms with Crippen LogP contribution < -0.4 is 5.32 Å². The zero-order chi connectivity index (χ0) is 13.8. The van der Waals surface area contributed by atoms with Gasteiger partial charge >= 0.3 is 0 Å². The molecule has 0 radical (unpaired) electrons. The van der Waals surface area contributed by atoms with Crippen molar-refractivity contribution >= 4 is 23.0 Å². The molecular formula is C14H7ClFN3. The maximum absolute atomic E-state index is 13.4. The van der Waals surface area contributed by atoms with E-state index < -0.39 is 5.82 Å². The Morgan fingerprint density at radius 2 is 1.84 bits per heavy atom. The Hall–Kier alpha value is -2.56. The van der Waals surface area contributed by atoms with Crippen molar-refractivity contribution in [3.05, 3.63) is 58.4 Å². The van der Waals surface area contributed by atoms with E-state index in [1.807, 2.05) is 6.07 Å². The van der Waals surface area contributed by atoms with Crippen LogP contribution in [0.15, 0.2) is 36.4 Å². The first-order chi connectivity index (χ1) is 9.15.